The number of methoxy groups -OCH3 is 1. The van der Waals surface area contributed by atoms with Gasteiger partial charge in [-0.15, -0.1) is 0 Å². The van der Waals surface area contributed by atoms with Crippen LogP contribution < -0.4 is 5.43 Å². The highest BCUT2D eigenvalue weighted by molar-refractivity contribution is 5.55. The number of ether oxygens (including phenoxy) is 1. The first-order valence-corrected chi connectivity index (χ1v) is 9.68. The van der Waals surface area contributed by atoms with Gasteiger partial charge in [0.2, 0.25) is 5.43 Å². The van der Waals surface area contributed by atoms with Gasteiger partial charge in [-0.2, -0.15) is 15.3 Å². The summed E-state index contributed by atoms with van der Waals surface area (Å²) in [6, 6.07) is 9.41. The summed E-state index contributed by atoms with van der Waals surface area (Å²) in [6.45, 7) is 1.44. The quantitative estimate of drug-likeness (QED) is 0.416. The van der Waals surface area contributed by atoms with Crippen molar-refractivity contribution >= 4 is 0 Å². The third-order valence-corrected chi connectivity index (χ3v) is 4.66. The van der Waals surface area contributed by atoms with Gasteiger partial charge < -0.3 is 4.74 Å². The molecule has 0 atom stereocenters. The summed E-state index contributed by atoms with van der Waals surface area (Å²) < 4.78 is 10.2. The standard InChI is InChI=1S/C21H23N7O2/c1-26-14-18(13-23-26)28-9-7-20(29)19(24-28)12-16-5-3-6-17(11-16)21-22-15-27(25-21)8-4-10-30-2/h3,5-7,9,11,13-15H,4,8,10,12H2,1-2H3. The van der Waals surface area contributed by atoms with Crippen LogP contribution in [0.5, 0.6) is 0 Å². The molecule has 0 radical (unpaired) electrons. The van der Waals surface area contributed by atoms with Gasteiger partial charge in [-0.1, -0.05) is 18.2 Å². The third-order valence-electron chi connectivity index (χ3n) is 4.66. The molecule has 0 unspecified atom stereocenters. The van der Waals surface area contributed by atoms with Gasteiger partial charge in [-0.05, 0) is 18.1 Å². The molecule has 0 spiro atoms. The van der Waals surface area contributed by atoms with Crippen LogP contribution in [0, 0.1) is 0 Å². The number of hydrogen-bond acceptors (Lipinski definition) is 6. The summed E-state index contributed by atoms with van der Waals surface area (Å²) in [6.07, 6.45) is 8.22. The fourth-order valence-corrected chi connectivity index (χ4v) is 3.16. The molecular weight excluding hydrogens is 382 g/mol. The number of aryl methyl sites for hydroxylation is 2. The van der Waals surface area contributed by atoms with Crippen LogP contribution in [0.2, 0.25) is 0 Å². The van der Waals surface area contributed by atoms with Crippen LogP contribution in [0.1, 0.15) is 17.7 Å². The van der Waals surface area contributed by atoms with Crippen LogP contribution in [0.15, 0.2) is 60.0 Å². The molecule has 30 heavy (non-hydrogen) atoms. The summed E-state index contributed by atoms with van der Waals surface area (Å²) >= 11 is 0. The maximum absolute atomic E-state index is 12.4. The average molecular weight is 405 g/mol. The Morgan fingerprint density at radius 3 is 2.87 bits per heavy atom. The largest absolute Gasteiger partial charge is 0.385 e. The van der Waals surface area contributed by atoms with Crippen LogP contribution in [0.4, 0.5) is 0 Å². The van der Waals surface area contributed by atoms with Crippen molar-refractivity contribution in [2.75, 3.05) is 13.7 Å². The molecule has 9 heteroatoms. The summed E-state index contributed by atoms with van der Waals surface area (Å²) in [4.78, 5) is 16.8. The van der Waals surface area contributed by atoms with E-state index in [9.17, 15) is 4.79 Å². The molecule has 0 aliphatic heterocycles. The number of rotatable bonds is 8. The van der Waals surface area contributed by atoms with Crippen molar-refractivity contribution in [3.63, 3.8) is 0 Å². The molecule has 4 aromatic rings. The van der Waals surface area contributed by atoms with E-state index in [2.05, 4.69) is 20.3 Å². The van der Waals surface area contributed by atoms with Crippen molar-refractivity contribution in [3.8, 4) is 17.1 Å². The molecular formula is C21H23N7O2. The summed E-state index contributed by atoms with van der Waals surface area (Å²) in [5, 5.41) is 13.2. The molecule has 1 aromatic carbocycles. The van der Waals surface area contributed by atoms with Gasteiger partial charge in [0.25, 0.3) is 0 Å². The molecule has 0 bridgehead atoms. The lowest BCUT2D eigenvalue weighted by molar-refractivity contribution is 0.189. The minimum Gasteiger partial charge on any atom is -0.385 e. The van der Waals surface area contributed by atoms with Gasteiger partial charge in [-0.3, -0.25) is 14.2 Å². The van der Waals surface area contributed by atoms with Gasteiger partial charge in [0.15, 0.2) is 5.82 Å². The van der Waals surface area contributed by atoms with Gasteiger partial charge in [0.1, 0.15) is 17.7 Å². The first-order chi connectivity index (χ1) is 14.6. The second-order valence-electron chi connectivity index (χ2n) is 7.00. The monoisotopic (exact) mass is 405 g/mol. The van der Waals surface area contributed by atoms with Gasteiger partial charge in [0, 0.05) is 51.6 Å². The molecule has 9 nitrogen and oxygen atoms in total. The van der Waals surface area contributed by atoms with Crippen molar-refractivity contribution in [2.24, 2.45) is 7.05 Å². The Balaban J connectivity index is 1.54. The van der Waals surface area contributed by atoms with Crippen LogP contribution in [0.25, 0.3) is 17.1 Å². The van der Waals surface area contributed by atoms with Crippen LogP contribution in [0.3, 0.4) is 0 Å². The molecule has 0 aliphatic carbocycles. The predicted molar refractivity (Wildman–Crippen MR) is 111 cm³/mol. The van der Waals surface area contributed by atoms with Crippen molar-refractivity contribution in [1.29, 1.82) is 0 Å². The highest BCUT2D eigenvalue weighted by Gasteiger charge is 2.09. The number of hydrogen-bond donors (Lipinski definition) is 0. The van der Waals surface area contributed by atoms with E-state index >= 15 is 0 Å². The Hall–Kier alpha value is -3.59. The number of nitrogens with zero attached hydrogens (tertiary/aromatic N) is 7. The van der Waals surface area contributed by atoms with E-state index in [0.29, 0.717) is 24.5 Å². The molecule has 0 aliphatic rings. The van der Waals surface area contributed by atoms with Crippen LogP contribution >= 0.6 is 0 Å². The SMILES string of the molecule is COCCCn1cnc(-c2cccc(Cc3nn(-c4cnn(C)c4)ccc3=O)c2)n1. The first-order valence-electron chi connectivity index (χ1n) is 9.68. The highest BCUT2D eigenvalue weighted by atomic mass is 16.5. The number of benzene rings is 1. The minimum absolute atomic E-state index is 0.0962. The van der Waals surface area contributed by atoms with Gasteiger partial charge in [0.05, 0.1) is 12.4 Å². The molecule has 0 saturated carbocycles. The molecule has 0 fully saturated rings. The lowest BCUT2D eigenvalue weighted by Gasteiger charge is -2.06. The normalized spacial score (nSPS) is 11.1. The molecule has 154 valence electrons. The van der Waals surface area contributed by atoms with Gasteiger partial charge >= 0.3 is 0 Å². The fourth-order valence-electron chi connectivity index (χ4n) is 3.16. The Bertz CT molecular complexity index is 1190. The average Bonchev–Trinajstić information content (AvgIpc) is 3.39. The Morgan fingerprint density at radius 1 is 1.17 bits per heavy atom. The molecule has 3 heterocycles. The molecule has 3 aromatic heterocycles. The predicted octanol–water partition coefficient (Wildman–Crippen LogP) is 1.85. The van der Waals surface area contributed by atoms with E-state index in [4.69, 9.17) is 4.74 Å². The van der Waals surface area contributed by atoms with Crippen molar-refractivity contribution in [2.45, 2.75) is 19.4 Å². The van der Waals surface area contributed by atoms with E-state index in [0.717, 1.165) is 29.8 Å². The van der Waals surface area contributed by atoms with Crippen molar-refractivity contribution in [1.82, 2.24) is 34.3 Å². The summed E-state index contributed by atoms with van der Waals surface area (Å²) in [5.74, 6) is 0.656. The maximum Gasteiger partial charge on any atom is 0.203 e. The summed E-state index contributed by atoms with van der Waals surface area (Å²) in [7, 11) is 3.52. The smallest absolute Gasteiger partial charge is 0.203 e. The third kappa shape index (κ3) is 4.52. The zero-order valence-electron chi connectivity index (χ0n) is 17.0. The van der Waals surface area contributed by atoms with E-state index in [-0.39, 0.29) is 5.43 Å². The second kappa shape index (κ2) is 8.83. The first kappa shape index (κ1) is 19.7. The van der Waals surface area contributed by atoms with E-state index in [1.165, 1.54) is 6.07 Å². The summed E-state index contributed by atoms with van der Waals surface area (Å²) in [5.41, 5.74) is 3.05. The number of aromatic nitrogens is 7. The highest BCUT2D eigenvalue weighted by Crippen LogP contribution is 2.17. The Labute approximate surface area is 173 Å². The Kier molecular flexibility index (Phi) is 5.80. The molecule has 0 amide bonds. The van der Waals surface area contributed by atoms with Gasteiger partial charge in [-0.25, -0.2) is 9.67 Å². The van der Waals surface area contributed by atoms with Crippen molar-refractivity contribution < 1.29 is 4.74 Å². The van der Waals surface area contributed by atoms with Crippen LogP contribution in [-0.2, 0) is 24.8 Å². The fraction of sp³-hybridized carbons (Fsp3) is 0.286. The maximum atomic E-state index is 12.4. The molecule has 0 N–H and O–H groups in total. The molecule has 0 saturated heterocycles. The topological polar surface area (TPSA) is 92.6 Å². The lowest BCUT2D eigenvalue weighted by atomic mass is 10.1. The van der Waals surface area contributed by atoms with E-state index < -0.39 is 0 Å². The molecule has 4 rings (SSSR count). The van der Waals surface area contributed by atoms with E-state index in [1.54, 1.807) is 35.2 Å². The zero-order valence-corrected chi connectivity index (χ0v) is 17.0. The zero-order chi connectivity index (χ0) is 20.9. The Morgan fingerprint density at radius 2 is 2.07 bits per heavy atom. The lowest BCUT2D eigenvalue weighted by Crippen LogP contribution is -2.16. The van der Waals surface area contributed by atoms with Crippen LogP contribution in [-0.4, -0.2) is 48.0 Å². The minimum atomic E-state index is -0.0962. The van der Waals surface area contributed by atoms with E-state index in [1.807, 2.05) is 42.2 Å². The second-order valence-corrected chi connectivity index (χ2v) is 7.00. The van der Waals surface area contributed by atoms with Crippen molar-refractivity contribution in [3.05, 3.63) is 76.7 Å².